The molecule has 0 saturated carbocycles. The van der Waals surface area contributed by atoms with Crippen LogP contribution in [0.1, 0.15) is 164 Å². The summed E-state index contributed by atoms with van der Waals surface area (Å²) < 4.78 is 30.1. The summed E-state index contributed by atoms with van der Waals surface area (Å²) in [6, 6.07) is 28.6. The van der Waals surface area contributed by atoms with E-state index in [9.17, 15) is 0 Å². The Hall–Kier alpha value is -6.52. The van der Waals surface area contributed by atoms with Gasteiger partial charge in [0, 0.05) is 34.4 Å². The average Bonchev–Trinajstić information content (AvgIpc) is 3.95. The molecule has 356 valence electrons. The van der Waals surface area contributed by atoms with Gasteiger partial charge >= 0.3 is 0 Å². The summed E-state index contributed by atoms with van der Waals surface area (Å²) in [6.45, 7) is 12.1. The Bertz CT molecular complexity index is 2430. The summed E-state index contributed by atoms with van der Waals surface area (Å²) >= 11 is 0. The van der Waals surface area contributed by atoms with E-state index >= 15 is 0 Å². The van der Waals surface area contributed by atoms with Crippen molar-refractivity contribution in [3.8, 4) is 69.2 Å². The summed E-state index contributed by atoms with van der Waals surface area (Å²) in [5.41, 5.74) is 7.62. The molecule has 4 aromatic carbocycles. The van der Waals surface area contributed by atoms with E-state index in [0.717, 1.165) is 112 Å². The molecule has 7 rings (SSSR count). The molecule has 0 amide bonds. The van der Waals surface area contributed by atoms with Gasteiger partial charge in [-0.25, -0.2) is 9.36 Å². The minimum absolute atomic E-state index is 0.473. The third-order valence-electron chi connectivity index (χ3n) is 12.2. The van der Waals surface area contributed by atoms with Gasteiger partial charge in [-0.3, -0.25) is 0 Å². The van der Waals surface area contributed by atoms with Crippen LogP contribution >= 0.6 is 0 Å². The number of unbranched alkanes of at least 4 members (excludes halogenated alkanes) is 12. The van der Waals surface area contributed by atoms with Crippen LogP contribution in [0.2, 0.25) is 0 Å². The van der Waals surface area contributed by atoms with E-state index < -0.39 is 0 Å². The first kappa shape index (κ1) is 49.4. The number of benzene rings is 4. The van der Waals surface area contributed by atoms with Crippen LogP contribution in [0.5, 0.6) is 23.0 Å². The minimum Gasteiger partial charge on any atom is -0.490 e. The summed E-state index contributed by atoms with van der Waals surface area (Å²) in [5.74, 6) is 17.0. The smallest absolute Gasteiger partial charge is 0.162 e. The monoisotopic (exact) mass is 915 g/mol. The number of hydrogen-bond donors (Lipinski definition) is 0. The first-order chi connectivity index (χ1) is 33.6. The van der Waals surface area contributed by atoms with E-state index in [4.69, 9.17) is 39.6 Å². The molecular weight excluding hydrogens is 845 g/mol. The van der Waals surface area contributed by atoms with Gasteiger partial charge < -0.3 is 18.9 Å². The lowest BCUT2D eigenvalue weighted by molar-refractivity contribution is 0.259. The predicted octanol–water partition coefficient (Wildman–Crippen LogP) is 13.2. The van der Waals surface area contributed by atoms with Crippen LogP contribution in [0.4, 0.5) is 0 Å². The molecule has 2 heterocycles. The summed E-state index contributed by atoms with van der Waals surface area (Å²) in [6.07, 6.45) is 17.4. The lowest BCUT2D eigenvalue weighted by Gasteiger charge is -2.17. The second-order valence-corrected chi connectivity index (χ2v) is 17.7. The fourth-order valence-corrected chi connectivity index (χ4v) is 8.24. The van der Waals surface area contributed by atoms with Crippen molar-refractivity contribution in [3.63, 3.8) is 0 Å². The van der Waals surface area contributed by atoms with Gasteiger partial charge in [-0.1, -0.05) is 188 Å². The second-order valence-electron chi connectivity index (χ2n) is 17.7. The van der Waals surface area contributed by atoms with E-state index in [-0.39, 0.29) is 0 Å². The van der Waals surface area contributed by atoms with Gasteiger partial charge in [-0.15, -0.1) is 10.2 Å². The molecule has 2 aromatic heterocycles. The number of aromatic nitrogens is 6. The molecular formula is C58H70N6O4. The summed E-state index contributed by atoms with van der Waals surface area (Å²) in [5, 5.41) is 19.4. The zero-order valence-electron chi connectivity index (χ0n) is 41.0. The van der Waals surface area contributed by atoms with Crippen LogP contribution in [0.3, 0.4) is 0 Å². The topological polar surface area (TPSA) is 98.3 Å². The Balaban J connectivity index is 1.44. The van der Waals surface area contributed by atoms with Crippen molar-refractivity contribution in [2.45, 2.75) is 144 Å². The molecule has 0 spiro atoms. The van der Waals surface area contributed by atoms with Crippen molar-refractivity contribution >= 4 is 0 Å². The van der Waals surface area contributed by atoms with Crippen LogP contribution in [-0.2, 0) is 13.1 Å². The molecule has 1 aliphatic carbocycles. The number of nitrogens with zero attached hydrogens (tertiary/aromatic N) is 6. The molecule has 0 N–H and O–H groups in total. The number of rotatable bonds is 28. The van der Waals surface area contributed by atoms with Crippen molar-refractivity contribution in [1.29, 1.82) is 0 Å². The van der Waals surface area contributed by atoms with Crippen LogP contribution in [0.25, 0.3) is 22.5 Å². The van der Waals surface area contributed by atoms with Crippen molar-refractivity contribution in [2.24, 2.45) is 0 Å². The predicted molar refractivity (Wildman–Crippen MR) is 273 cm³/mol. The van der Waals surface area contributed by atoms with E-state index in [2.05, 4.69) is 75.6 Å². The van der Waals surface area contributed by atoms with Gasteiger partial charge in [-0.2, -0.15) is 0 Å². The molecule has 10 heteroatoms. The lowest BCUT2D eigenvalue weighted by atomic mass is 9.98. The van der Waals surface area contributed by atoms with Gasteiger partial charge in [0.05, 0.1) is 39.5 Å². The molecule has 0 fully saturated rings. The zero-order valence-corrected chi connectivity index (χ0v) is 41.0. The number of hydrogen-bond acceptors (Lipinski definition) is 8. The van der Waals surface area contributed by atoms with E-state index in [0.29, 0.717) is 96.4 Å². The highest BCUT2D eigenvalue weighted by Gasteiger charge is 2.24. The second kappa shape index (κ2) is 26.7. The van der Waals surface area contributed by atoms with E-state index in [1.54, 1.807) is 0 Å². The quantitative estimate of drug-likeness (QED) is 0.0354. The molecule has 1 aliphatic rings. The standard InChI is InChI=1S/C58H70N6O4/c1-5-9-13-23-35-65-53-39-47-31-33-51-58(60-62-63(51)43-45-27-19-17-20-28-45)50-42-56(68-38-26-16-12-8-4)54(66-36-24-14-10-6-2)40-48(50)32-34-52-57(49(47)41-55(53)67-37-25-15-11-7-3)59-61-64(52)44-46-29-21-18-22-30-46/h17-22,27-30,39-42H,5-16,23-26,35-38,43-44H2,1-4H3. The Labute approximate surface area is 405 Å². The van der Waals surface area contributed by atoms with Crippen LogP contribution < -0.4 is 18.9 Å². The normalized spacial score (nSPS) is 11.4. The van der Waals surface area contributed by atoms with Crippen LogP contribution in [0, 0.1) is 23.7 Å². The molecule has 0 radical (unpaired) electrons. The molecule has 0 bridgehead atoms. The van der Waals surface area contributed by atoms with Gasteiger partial charge in [0.25, 0.3) is 0 Å². The molecule has 10 nitrogen and oxygen atoms in total. The molecule has 0 unspecified atom stereocenters. The summed E-state index contributed by atoms with van der Waals surface area (Å²) in [7, 11) is 0. The fraction of sp³-hybridized carbons (Fsp3) is 0.448. The van der Waals surface area contributed by atoms with Crippen LogP contribution in [-0.4, -0.2) is 56.4 Å². The Kier molecular flexibility index (Phi) is 19.4. The average molecular weight is 915 g/mol. The number of ether oxygens (including phenoxy) is 4. The lowest BCUT2D eigenvalue weighted by Crippen LogP contribution is -2.07. The fourth-order valence-electron chi connectivity index (χ4n) is 8.24. The highest BCUT2D eigenvalue weighted by atomic mass is 16.5. The van der Waals surface area contributed by atoms with Crippen molar-refractivity contribution < 1.29 is 18.9 Å². The van der Waals surface area contributed by atoms with Crippen molar-refractivity contribution in [3.05, 3.63) is 119 Å². The highest BCUT2D eigenvalue weighted by molar-refractivity contribution is 5.80. The maximum atomic E-state index is 6.61. The minimum atomic E-state index is 0.473. The third-order valence-corrected chi connectivity index (χ3v) is 12.2. The summed E-state index contributed by atoms with van der Waals surface area (Å²) in [4.78, 5) is 0. The third kappa shape index (κ3) is 13.8. The molecule has 0 aliphatic heterocycles. The van der Waals surface area contributed by atoms with Gasteiger partial charge in [0.2, 0.25) is 0 Å². The first-order valence-corrected chi connectivity index (χ1v) is 25.5. The molecule has 0 saturated heterocycles. The Morgan fingerprint density at radius 1 is 0.397 bits per heavy atom. The molecule has 68 heavy (non-hydrogen) atoms. The molecule has 0 atom stereocenters. The molecule has 6 aromatic rings. The van der Waals surface area contributed by atoms with Crippen molar-refractivity contribution in [2.75, 3.05) is 26.4 Å². The highest BCUT2D eigenvalue weighted by Crippen LogP contribution is 2.40. The Morgan fingerprint density at radius 3 is 1.07 bits per heavy atom. The first-order valence-electron chi connectivity index (χ1n) is 25.5. The van der Waals surface area contributed by atoms with E-state index in [1.165, 1.54) is 12.8 Å². The van der Waals surface area contributed by atoms with E-state index in [1.807, 2.05) is 70.0 Å². The Morgan fingerprint density at radius 2 is 0.735 bits per heavy atom. The maximum absolute atomic E-state index is 6.61. The van der Waals surface area contributed by atoms with Crippen molar-refractivity contribution in [1.82, 2.24) is 30.0 Å². The number of fused-ring (bicyclic) bond motifs is 6. The largest absolute Gasteiger partial charge is 0.490 e. The van der Waals surface area contributed by atoms with Gasteiger partial charge in [0.1, 0.15) is 22.8 Å². The maximum Gasteiger partial charge on any atom is 0.162 e. The van der Waals surface area contributed by atoms with Gasteiger partial charge in [-0.05, 0) is 60.8 Å². The van der Waals surface area contributed by atoms with Crippen LogP contribution in [0.15, 0.2) is 84.9 Å². The zero-order chi connectivity index (χ0) is 47.2. The van der Waals surface area contributed by atoms with Gasteiger partial charge in [0.15, 0.2) is 23.0 Å². The SMILES string of the molecule is CCCCCCOc1cc2c(cc1OCCCCCC)-c1nnn(Cc3ccccc3)c1C#Cc1cc(OCCCCCC)c(OCCCCCC)cc1-c1nnn(Cc3ccccc3)c1C#C2.